The Kier molecular flexibility index (Phi) is 6.77. The first kappa shape index (κ1) is 22.3. The average Bonchev–Trinajstić information content (AvgIpc) is 3.36. The van der Waals surface area contributed by atoms with Crippen molar-refractivity contribution in [3.05, 3.63) is 64.2 Å². The van der Waals surface area contributed by atoms with Crippen LogP contribution in [0.25, 0.3) is 11.7 Å². The van der Waals surface area contributed by atoms with Crippen LogP contribution in [0.3, 0.4) is 0 Å². The van der Waals surface area contributed by atoms with Crippen molar-refractivity contribution in [1.82, 2.24) is 4.98 Å². The summed E-state index contributed by atoms with van der Waals surface area (Å²) in [4.78, 5) is 16.1. The van der Waals surface area contributed by atoms with Crippen LogP contribution in [0.1, 0.15) is 64.4 Å². The van der Waals surface area contributed by atoms with Crippen LogP contribution in [0.2, 0.25) is 0 Å². The van der Waals surface area contributed by atoms with Gasteiger partial charge in [-0.05, 0) is 69.7 Å². The van der Waals surface area contributed by atoms with Crippen molar-refractivity contribution in [2.75, 3.05) is 0 Å². The van der Waals surface area contributed by atoms with Crippen molar-refractivity contribution in [3.63, 3.8) is 0 Å². The molecule has 7 heteroatoms. The summed E-state index contributed by atoms with van der Waals surface area (Å²) >= 11 is 0. The number of nitrogens with zero attached hydrogens (tertiary/aromatic N) is 1. The Labute approximate surface area is 187 Å². The monoisotopic (exact) mass is 439 g/mol. The zero-order chi connectivity index (χ0) is 22.7. The molecular formula is C25H29NO6. The minimum Gasteiger partial charge on any atom is -0.478 e. The number of rotatable bonds is 8. The number of oxazole rings is 1. The number of hydrogen-bond donors (Lipinski definition) is 1. The number of ether oxygens (including phenoxy) is 2. The Balaban J connectivity index is 1.32. The lowest BCUT2D eigenvalue weighted by molar-refractivity contribution is -0.0564. The Morgan fingerprint density at radius 1 is 1.06 bits per heavy atom. The molecule has 0 saturated heterocycles. The van der Waals surface area contributed by atoms with Crippen LogP contribution in [0.5, 0.6) is 0 Å². The second-order valence-electron chi connectivity index (χ2n) is 8.38. The SMILES string of the molecule is Cc1ccc(-c2nc(CO[C@H]3CCC[C@@H](OCc4cccc(C)c4C(=O)O)C3)c(C)o2)o1. The van der Waals surface area contributed by atoms with Gasteiger partial charge in [-0.2, -0.15) is 0 Å². The third kappa shape index (κ3) is 5.11. The van der Waals surface area contributed by atoms with Gasteiger partial charge in [-0.3, -0.25) is 0 Å². The summed E-state index contributed by atoms with van der Waals surface area (Å²) in [6.45, 7) is 6.22. The number of carboxylic acid groups (broad SMARTS) is 1. The topological polar surface area (TPSA) is 94.9 Å². The van der Waals surface area contributed by atoms with E-state index in [0.717, 1.165) is 48.5 Å². The van der Waals surface area contributed by atoms with Crippen molar-refractivity contribution < 1.29 is 28.2 Å². The standard InChI is InChI=1S/C25H29NO6/c1-15-6-4-7-18(23(15)25(27)28)13-29-19-8-5-9-20(12-19)30-14-21-17(3)32-24(26-21)22-11-10-16(2)31-22/h4,6-7,10-11,19-20H,5,8-9,12-14H2,1-3H3,(H,27,28)/t19-,20+/m1/s1. The predicted octanol–water partition coefficient (Wildman–Crippen LogP) is 5.60. The van der Waals surface area contributed by atoms with Crippen molar-refractivity contribution in [1.29, 1.82) is 0 Å². The molecule has 32 heavy (non-hydrogen) atoms. The normalized spacial score (nSPS) is 18.7. The predicted molar refractivity (Wildman–Crippen MR) is 117 cm³/mol. The Morgan fingerprint density at radius 2 is 1.81 bits per heavy atom. The molecule has 0 radical (unpaired) electrons. The molecule has 4 rings (SSSR count). The third-order valence-corrected chi connectivity index (χ3v) is 5.93. The van der Waals surface area contributed by atoms with Crippen LogP contribution < -0.4 is 0 Å². The smallest absolute Gasteiger partial charge is 0.336 e. The molecule has 1 saturated carbocycles. The third-order valence-electron chi connectivity index (χ3n) is 5.93. The summed E-state index contributed by atoms with van der Waals surface area (Å²) in [6.07, 6.45) is 3.79. The number of benzene rings is 1. The zero-order valence-electron chi connectivity index (χ0n) is 18.7. The number of furan rings is 1. The summed E-state index contributed by atoms with van der Waals surface area (Å²) in [5.41, 5.74) is 2.55. The van der Waals surface area contributed by atoms with E-state index in [1.807, 2.05) is 51.1 Å². The summed E-state index contributed by atoms with van der Waals surface area (Å²) in [5, 5.41) is 9.51. The first-order valence-corrected chi connectivity index (χ1v) is 11.0. The van der Waals surface area contributed by atoms with E-state index in [-0.39, 0.29) is 18.8 Å². The quantitative estimate of drug-likeness (QED) is 0.488. The maximum atomic E-state index is 11.6. The molecule has 1 N–H and O–H groups in total. The van der Waals surface area contributed by atoms with Crippen molar-refractivity contribution >= 4 is 5.97 Å². The highest BCUT2D eigenvalue weighted by Crippen LogP contribution is 2.28. The van der Waals surface area contributed by atoms with E-state index in [4.69, 9.17) is 18.3 Å². The lowest BCUT2D eigenvalue weighted by Crippen LogP contribution is -2.28. The van der Waals surface area contributed by atoms with Gasteiger partial charge < -0.3 is 23.4 Å². The minimum atomic E-state index is -0.918. The summed E-state index contributed by atoms with van der Waals surface area (Å²) in [6, 6.07) is 9.22. The molecule has 1 aliphatic carbocycles. The van der Waals surface area contributed by atoms with E-state index in [9.17, 15) is 9.90 Å². The van der Waals surface area contributed by atoms with Gasteiger partial charge in [0, 0.05) is 0 Å². The van der Waals surface area contributed by atoms with Gasteiger partial charge in [0.25, 0.3) is 5.89 Å². The van der Waals surface area contributed by atoms with Gasteiger partial charge in [0.05, 0.1) is 31.0 Å². The molecule has 1 aromatic carbocycles. The van der Waals surface area contributed by atoms with Gasteiger partial charge in [0.1, 0.15) is 17.2 Å². The molecule has 170 valence electrons. The van der Waals surface area contributed by atoms with E-state index in [1.54, 1.807) is 0 Å². The van der Waals surface area contributed by atoms with Crippen LogP contribution in [0.15, 0.2) is 39.2 Å². The zero-order valence-corrected chi connectivity index (χ0v) is 18.7. The van der Waals surface area contributed by atoms with Gasteiger partial charge in [-0.25, -0.2) is 9.78 Å². The maximum Gasteiger partial charge on any atom is 0.336 e. The Hall–Kier alpha value is -2.90. The lowest BCUT2D eigenvalue weighted by atomic mass is 9.94. The van der Waals surface area contributed by atoms with Gasteiger partial charge in [0.15, 0.2) is 5.76 Å². The summed E-state index contributed by atoms with van der Waals surface area (Å²) in [5.74, 6) is 1.69. The fourth-order valence-electron chi connectivity index (χ4n) is 4.18. The molecule has 1 fully saturated rings. The van der Waals surface area contributed by atoms with Crippen LogP contribution in [-0.2, 0) is 22.7 Å². The van der Waals surface area contributed by atoms with Gasteiger partial charge in [-0.1, -0.05) is 18.2 Å². The van der Waals surface area contributed by atoms with Crippen molar-refractivity contribution in [2.24, 2.45) is 0 Å². The average molecular weight is 440 g/mol. The molecule has 2 atom stereocenters. The van der Waals surface area contributed by atoms with E-state index in [0.29, 0.717) is 29.4 Å². The number of aryl methyl sites for hydroxylation is 3. The molecule has 3 aromatic rings. The molecule has 2 heterocycles. The molecule has 1 aliphatic rings. The summed E-state index contributed by atoms with van der Waals surface area (Å²) in [7, 11) is 0. The molecule has 0 aliphatic heterocycles. The first-order valence-electron chi connectivity index (χ1n) is 11.0. The van der Waals surface area contributed by atoms with Crippen LogP contribution >= 0.6 is 0 Å². The lowest BCUT2D eigenvalue weighted by Gasteiger charge is -2.29. The second-order valence-corrected chi connectivity index (χ2v) is 8.38. The largest absolute Gasteiger partial charge is 0.478 e. The van der Waals surface area contributed by atoms with Gasteiger partial charge in [-0.15, -0.1) is 0 Å². The molecule has 0 unspecified atom stereocenters. The van der Waals surface area contributed by atoms with Crippen molar-refractivity contribution in [2.45, 2.75) is 71.9 Å². The second kappa shape index (κ2) is 9.71. The van der Waals surface area contributed by atoms with E-state index >= 15 is 0 Å². The van der Waals surface area contributed by atoms with Gasteiger partial charge in [0.2, 0.25) is 0 Å². The highest BCUT2D eigenvalue weighted by atomic mass is 16.5. The fraction of sp³-hybridized carbons (Fsp3) is 0.440. The number of carboxylic acids is 1. The first-order chi connectivity index (χ1) is 15.4. The highest BCUT2D eigenvalue weighted by molar-refractivity contribution is 5.91. The number of hydrogen-bond acceptors (Lipinski definition) is 6. The minimum absolute atomic E-state index is 0.0379. The fourth-order valence-corrected chi connectivity index (χ4v) is 4.18. The molecule has 0 bridgehead atoms. The number of aromatic carboxylic acids is 1. The number of carbonyl (C=O) groups is 1. The Bertz CT molecular complexity index is 1080. The number of aromatic nitrogens is 1. The van der Waals surface area contributed by atoms with E-state index in [1.165, 1.54) is 0 Å². The van der Waals surface area contributed by atoms with Crippen LogP contribution in [0, 0.1) is 20.8 Å². The molecule has 0 spiro atoms. The highest BCUT2D eigenvalue weighted by Gasteiger charge is 2.25. The Morgan fingerprint density at radius 3 is 2.50 bits per heavy atom. The molecule has 0 amide bonds. The molecule has 7 nitrogen and oxygen atoms in total. The van der Waals surface area contributed by atoms with Crippen LogP contribution in [0.4, 0.5) is 0 Å². The van der Waals surface area contributed by atoms with Gasteiger partial charge >= 0.3 is 5.97 Å². The van der Waals surface area contributed by atoms with E-state index in [2.05, 4.69) is 4.98 Å². The van der Waals surface area contributed by atoms with Crippen LogP contribution in [-0.4, -0.2) is 28.3 Å². The molecule has 2 aromatic heterocycles. The molecular weight excluding hydrogens is 410 g/mol. The maximum absolute atomic E-state index is 11.6. The van der Waals surface area contributed by atoms with E-state index < -0.39 is 5.97 Å². The summed E-state index contributed by atoms with van der Waals surface area (Å²) < 4.78 is 23.6. The van der Waals surface area contributed by atoms with Crippen molar-refractivity contribution in [3.8, 4) is 11.7 Å².